The number of aromatic nitrogens is 1. The van der Waals surface area contributed by atoms with Crippen molar-refractivity contribution in [2.24, 2.45) is 0 Å². The average molecular weight is 362 g/mol. The number of ether oxygens (including phenoxy) is 2. The molecule has 6 nitrogen and oxygen atoms in total. The highest BCUT2D eigenvalue weighted by Gasteiger charge is 2.15. The highest BCUT2D eigenvalue weighted by molar-refractivity contribution is 6.04. The highest BCUT2D eigenvalue weighted by atomic mass is 16.6. The fourth-order valence-electron chi connectivity index (χ4n) is 2.87. The number of pyridine rings is 1. The van der Waals surface area contributed by atoms with E-state index in [2.05, 4.69) is 10.3 Å². The van der Waals surface area contributed by atoms with Gasteiger partial charge in [0.05, 0.1) is 0 Å². The highest BCUT2D eigenvalue weighted by Crippen LogP contribution is 2.32. The normalized spacial score (nSPS) is 12.5. The zero-order chi connectivity index (χ0) is 18.8. The second-order valence-corrected chi connectivity index (χ2v) is 6.29. The first-order valence-corrected chi connectivity index (χ1v) is 8.61. The van der Waals surface area contributed by atoms with Gasteiger partial charge in [0, 0.05) is 17.4 Å². The summed E-state index contributed by atoms with van der Waals surface area (Å²) in [7, 11) is 0. The Morgan fingerprint density at radius 1 is 0.963 bits per heavy atom. The number of carbonyl (C=O) groups is 1. The summed E-state index contributed by atoms with van der Waals surface area (Å²) in [5, 5.41) is 2.72. The van der Waals surface area contributed by atoms with Crippen molar-refractivity contribution in [1.29, 1.82) is 0 Å². The van der Waals surface area contributed by atoms with Gasteiger partial charge in [-0.15, -0.1) is 0 Å². The molecular weight excluding hydrogens is 344 g/mol. The molecule has 1 amide bonds. The number of fused-ring (bicyclic) bond motifs is 1. The Balaban J connectivity index is 1.55. The molecule has 27 heavy (non-hydrogen) atoms. The summed E-state index contributed by atoms with van der Waals surface area (Å²) in [6.07, 6.45) is 0. The summed E-state index contributed by atoms with van der Waals surface area (Å²) < 4.78 is 11.0. The van der Waals surface area contributed by atoms with E-state index in [9.17, 15) is 9.59 Å². The number of hydrogen-bond acceptors (Lipinski definition) is 4. The summed E-state index contributed by atoms with van der Waals surface area (Å²) in [5.74, 6) is 0.727. The van der Waals surface area contributed by atoms with Crippen LogP contribution < -0.4 is 20.3 Å². The topological polar surface area (TPSA) is 80.4 Å². The van der Waals surface area contributed by atoms with E-state index in [1.165, 1.54) is 6.07 Å². The van der Waals surface area contributed by atoms with Gasteiger partial charge in [0.1, 0.15) is 18.8 Å². The number of rotatable bonds is 3. The number of anilines is 1. The van der Waals surface area contributed by atoms with Crippen molar-refractivity contribution in [2.45, 2.75) is 6.92 Å². The molecule has 6 heteroatoms. The minimum atomic E-state index is -0.483. The Labute approximate surface area is 155 Å². The first kappa shape index (κ1) is 16.9. The van der Waals surface area contributed by atoms with E-state index in [1.54, 1.807) is 24.3 Å². The Bertz CT molecular complexity index is 1050. The minimum Gasteiger partial charge on any atom is -0.486 e. The molecule has 0 aliphatic carbocycles. The molecule has 0 unspecified atom stereocenters. The van der Waals surface area contributed by atoms with Crippen LogP contribution in [0.1, 0.15) is 15.9 Å². The van der Waals surface area contributed by atoms with Gasteiger partial charge in [0.2, 0.25) is 0 Å². The van der Waals surface area contributed by atoms with Gasteiger partial charge in [-0.3, -0.25) is 9.59 Å². The van der Waals surface area contributed by atoms with E-state index in [4.69, 9.17) is 9.47 Å². The monoisotopic (exact) mass is 362 g/mol. The Morgan fingerprint density at radius 2 is 1.70 bits per heavy atom. The van der Waals surface area contributed by atoms with Gasteiger partial charge in [-0.05, 0) is 36.8 Å². The molecule has 0 saturated heterocycles. The number of benzene rings is 2. The van der Waals surface area contributed by atoms with Crippen LogP contribution in [0.25, 0.3) is 11.3 Å². The lowest BCUT2D eigenvalue weighted by molar-refractivity contribution is 0.102. The zero-order valence-corrected chi connectivity index (χ0v) is 14.7. The van der Waals surface area contributed by atoms with Crippen LogP contribution in [0, 0.1) is 6.92 Å². The Hall–Kier alpha value is -3.54. The number of nitrogens with one attached hydrogen (secondary N) is 2. The zero-order valence-electron chi connectivity index (χ0n) is 14.7. The molecule has 2 N–H and O–H groups in total. The number of H-pyrrole nitrogens is 1. The predicted molar refractivity (Wildman–Crippen MR) is 103 cm³/mol. The molecule has 0 bridgehead atoms. The molecule has 0 radical (unpaired) electrons. The first-order valence-electron chi connectivity index (χ1n) is 8.61. The van der Waals surface area contributed by atoms with Crippen molar-refractivity contribution < 1.29 is 14.3 Å². The molecule has 1 aliphatic rings. The van der Waals surface area contributed by atoms with Crippen LogP contribution in [0.15, 0.2) is 59.4 Å². The van der Waals surface area contributed by atoms with Crippen molar-refractivity contribution >= 4 is 11.6 Å². The summed E-state index contributed by atoms with van der Waals surface area (Å²) in [4.78, 5) is 27.6. The van der Waals surface area contributed by atoms with Gasteiger partial charge < -0.3 is 19.8 Å². The molecule has 0 atom stereocenters. The molecule has 1 aliphatic heterocycles. The lowest BCUT2D eigenvalue weighted by Crippen LogP contribution is -2.23. The van der Waals surface area contributed by atoms with E-state index in [0.29, 0.717) is 36.1 Å². The summed E-state index contributed by atoms with van der Waals surface area (Å²) >= 11 is 0. The molecule has 1 aromatic heterocycles. The second-order valence-electron chi connectivity index (χ2n) is 6.29. The third-order valence-electron chi connectivity index (χ3n) is 4.32. The average Bonchev–Trinajstić information content (AvgIpc) is 2.68. The molecule has 2 aromatic carbocycles. The van der Waals surface area contributed by atoms with Gasteiger partial charge in [0.15, 0.2) is 11.5 Å². The van der Waals surface area contributed by atoms with Crippen LogP contribution in [0.3, 0.4) is 0 Å². The fourth-order valence-corrected chi connectivity index (χ4v) is 2.87. The third kappa shape index (κ3) is 3.55. The van der Waals surface area contributed by atoms with Crippen molar-refractivity contribution in [2.75, 3.05) is 18.5 Å². The van der Waals surface area contributed by atoms with E-state index in [0.717, 1.165) is 11.1 Å². The maximum atomic E-state index is 12.5. The number of aryl methyl sites for hydroxylation is 1. The molecular formula is C21H18N2O4. The van der Waals surface area contributed by atoms with Gasteiger partial charge in [-0.25, -0.2) is 0 Å². The summed E-state index contributed by atoms with van der Waals surface area (Å²) in [6, 6.07) is 16.2. The van der Waals surface area contributed by atoms with E-state index in [1.807, 2.05) is 31.2 Å². The maximum Gasteiger partial charge on any atom is 0.261 e. The summed E-state index contributed by atoms with van der Waals surface area (Å²) in [5.41, 5.74) is 2.82. The van der Waals surface area contributed by atoms with Gasteiger partial charge >= 0.3 is 0 Å². The molecule has 3 aromatic rings. The van der Waals surface area contributed by atoms with Crippen LogP contribution >= 0.6 is 0 Å². The number of amides is 1. The third-order valence-corrected chi connectivity index (χ3v) is 4.32. The smallest absolute Gasteiger partial charge is 0.261 e. The SMILES string of the molecule is Cc1ccc(-c2ccc(C(=O)Nc3ccc4c(c3)OCCO4)c(=O)[nH]2)cc1. The largest absolute Gasteiger partial charge is 0.486 e. The van der Waals surface area contributed by atoms with E-state index >= 15 is 0 Å². The molecule has 136 valence electrons. The predicted octanol–water partition coefficient (Wildman–Crippen LogP) is 3.37. The Kier molecular flexibility index (Phi) is 4.38. The van der Waals surface area contributed by atoms with E-state index in [-0.39, 0.29) is 5.56 Å². The van der Waals surface area contributed by atoms with Crippen LogP contribution in [-0.2, 0) is 0 Å². The maximum absolute atomic E-state index is 12.5. The number of aromatic amines is 1. The quantitative estimate of drug-likeness (QED) is 0.749. The minimum absolute atomic E-state index is 0.0424. The number of carbonyl (C=O) groups excluding carboxylic acids is 1. The van der Waals surface area contributed by atoms with Gasteiger partial charge in [-0.1, -0.05) is 29.8 Å². The van der Waals surface area contributed by atoms with Crippen molar-refractivity contribution in [3.05, 3.63) is 76.1 Å². The molecule has 2 heterocycles. The summed E-state index contributed by atoms with van der Waals surface area (Å²) in [6.45, 7) is 2.96. The van der Waals surface area contributed by atoms with Gasteiger partial charge in [0.25, 0.3) is 11.5 Å². The standard InChI is InChI=1S/C21H18N2O4/c1-13-2-4-14(5-3-13)17-8-7-16(21(25)23-17)20(24)22-15-6-9-18-19(12-15)27-11-10-26-18/h2-9,12H,10-11H2,1H3,(H,22,24)(H,23,25). The lowest BCUT2D eigenvalue weighted by Gasteiger charge is -2.19. The van der Waals surface area contributed by atoms with Crippen LogP contribution in [0.4, 0.5) is 5.69 Å². The van der Waals surface area contributed by atoms with Gasteiger partial charge in [-0.2, -0.15) is 0 Å². The van der Waals surface area contributed by atoms with Crippen molar-refractivity contribution in [3.8, 4) is 22.8 Å². The lowest BCUT2D eigenvalue weighted by atomic mass is 10.1. The Morgan fingerprint density at radius 3 is 2.44 bits per heavy atom. The second kappa shape index (κ2) is 6.99. The van der Waals surface area contributed by atoms with E-state index < -0.39 is 11.5 Å². The van der Waals surface area contributed by atoms with Crippen LogP contribution in [-0.4, -0.2) is 24.1 Å². The molecule has 4 rings (SSSR count). The van der Waals surface area contributed by atoms with Crippen LogP contribution in [0.2, 0.25) is 0 Å². The first-order chi connectivity index (χ1) is 13.1. The molecule has 0 saturated carbocycles. The van der Waals surface area contributed by atoms with Crippen molar-refractivity contribution in [1.82, 2.24) is 4.98 Å². The number of hydrogen-bond donors (Lipinski definition) is 2. The van der Waals surface area contributed by atoms with Crippen molar-refractivity contribution in [3.63, 3.8) is 0 Å². The molecule has 0 spiro atoms. The fraction of sp³-hybridized carbons (Fsp3) is 0.143. The van der Waals surface area contributed by atoms with Crippen LogP contribution in [0.5, 0.6) is 11.5 Å². The molecule has 0 fully saturated rings.